The van der Waals surface area contributed by atoms with Crippen LogP contribution in [0.2, 0.25) is 0 Å². The van der Waals surface area contributed by atoms with Gasteiger partial charge in [0.05, 0.1) is 10.6 Å². The van der Waals surface area contributed by atoms with Gasteiger partial charge in [-0.1, -0.05) is 18.9 Å². The van der Waals surface area contributed by atoms with Gasteiger partial charge in [0.2, 0.25) is 6.79 Å². The van der Waals surface area contributed by atoms with E-state index in [1.807, 2.05) is 4.90 Å². The van der Waals surface area contributed by atoms with Gasteiger partial charge >= 0.3 is 0 Å². The molecule has 1 saturated heterocycles. The normalized spacial score (nSPS) is 22.6. The van der Waals surface area contributed by atoms with E-state index in [4.69, 9.17) is 9.47 Å². The van der Waals surface area contributed by atoms with Crippen molar-refractivity contribution in [2.24, 2.45) is 5.92 Å². The number of likely N-dealkylation sites (tertiary alicyclic amines) is 1. The summed E-state index contributed by atoms with van der Waals surface area (Å²) < 4.78 is 39.1. The maximum Gasteiger partial charge on any atom is 0.261 e. The van der Waals surface area contributed by atoms with Gasteiger partial charge < -0.3 is 14.4 Å². The summed E-state index contributed by atoms with van der Waals surface area (Å²) in [4.78, 5) is 15.3. The van der Waals surface area contributed by atoms with Gasteiger partial charge in [-0.25, -0.2) is 8.42 Å². The lowest BCUT2D eigenvalue weighted by Crippen LogP contribution is -2.49. The van der Waals surface area contributed by atoms with Crippen molar-refractivity contribution in [1.82, 2.24) is 4.90 Å². The molecule has 3 aliphatic rings. The smallest absolute Gasteiger partial charge is 0.261 e. The third-order valence-corrected chi connectivity index (χ3v) is 7.90. The second kappa shape index (κ2) is 8.07. The zero-order chi connectivity index (χ0) is 21.4. The van der Waals surface area contributed by atoms with Crippen LogP contribution >= 0.6 is 0 Å². The first-order valence-electron chi connectivity index (χ1n) is 10.8. The molecule has 2 aliphatic heterocycles. The van der Waals surface area contributed by atoms with Gasteiger partial charge in [0, 0.05) is 24.2 Å². The monoisotopic (exact) mass is 442 g/mol. The van der Waals surface area contributed by atoms with Crippen molar-refractivity contribution in [2.45, 2.75) is 49.5 Å². The largest absolute Gasteiger partial charge is 0.454 e. The summed E-state index contributed by atoms with van der Waals surface area (Å²) >= 11 is 0. The van der Waals surface area contributed by atoms with Crippen molar-refractivity contribution in [3.05, 3.63) is 48.0 Å². The number of hydrogen-bond donors (Lipinski definition) is 1. The van der Waals surface area contributed by atoms with Crippen LogP contribution in [-0.4, -0.2) is 38.6 Å². The van der Waals surface area contributed by atoms with Crippen LogP contribution in [0, 0.1) is 5.92 Å². The SMILES string of the molecule is O=C(c1cccc(S(=O)(=O)Nc2ccc3c(c2)OCO3)c1)N1CCC[C@H]2CCCC[C@@H]21. The van der Waals surface area contributed by atoms with Gasteiger partial charge in [-0.15, -0.1) is 0 Å². The van der Waals surface area contributed by atoms with Gasteiger partial charge in [-0.05, 0) is 61.9 Å². The highest BCUT2D eigenvalue weighted by Crippen LogP contribution is 2.37. The third-order valence-electron chi connectivity index (χ3n) is 6.52. The summed E-state index contributed by atoms with van der Waals surface area (Å²) in [6.45, 7) is 0.862. The number of carbonyl (C=O) groups is 1. The van der Waals surface area contributed by atoms with Crippen LogP contribution in [0.3, 0.4) is 0 Å². The molecule has 5 rings (SSSR count). The number of nitrogens with one attached hydrogen (secondary N) is 1. The van der Waals surface area contributed by atoms with Crippen LogP contribution < -0.4 is 14.2 Å². The maximum atomic E-state index is 13.3. The Bertz CT molecular complexity index is 1100. The number of carbonyl (C=O) groups excluding carboxylic acids is 1. The number of amides is 1. The van der Waals surface area contributed by atoms with Gasteiger partial charge in [-0.3, -0.25) is 9.52 Å². The molecule has 2 aromatic carbocycles. The van der Waals surface area contributed by atoms with E-state index in [0.29, 0.717) is 28.7 Å². The first-order chi connectivity index (χ1) is 15.0. The average Bonchev–Trinajstić information content (AvgIpc) is 3.26. The van der Waals surface area contributed by atoms with E-state index >= 15 is 0 Å². The molecule has 0 bridgehead atoms. The maximum absolute atomic E-state index is 13.3. The Morgan fingerprint density at radius 2 is 1.77 bits per heavy atom. The molecule has 1 saturated carbocycles. The molecule has 0 unspecified atom stereocenters. The molecule has 2 atom stereocenters. The summed E-state index contributed by atoms with van der Waals surface area (Å²) in [5.41, 5.74) is 0.793. The second-order valence-corrected chi connectivity index (χ2v) is 10.1. The van der Waals surface area contributed by atoms with Crippen molar-refractivity contribution in [3.8, 4) is 11.5 Å². The number of hydrogen-bond acceptors (Lipinski definition) is 5. The third kappa shape index (κ3) is 3.96. The van der Waals surface area contributed by atoms with Gasteiger partial charge in [-0.2, -0.15) is 0 Å². The number of anilines is 1. The Morgan fingerprint density at radius 1 is 0.968 bits per heavy atom. The first kappa shape index (κ1) is 20.2. The minimum atomic E-state index is -3.86. The molecule has 164 valence electrons. The van der Waals surface area contributed by atoms with Crippen LogP contribution in [0.25, 0.3) is 0 Å². The quantitative estimate of drug-likeness (QED) is 0.773. The number of sulfonamides is 1. The standard InChI is InChI=1S/C23H26N2O5S/c26-23(25-12-4-7-16-5-1-2-9-20(16)25)17-6-3-8-19(13-17)31(27,28)24-18-10-11-21-22(14-18)30-15-29-21/h3,6,8,10-11,13-14,16,20,24H,1-2,4-5,7,9,12,15H2/t16-,20+/m1/s1. The zero-order valence-electron chi connectivity index (χ0n) is 17.2. The van der Waals surface area contributed by atoms with Gasteiger partial charge in [0.15, 0.2) is 11.5 Å². The van der Waals surface area contributed by atoms with Crippen LogP contribution in [0.15, 0.2) is 47.4 Å². The highest BCUT2D eigenvalue weighted by atomic mass is 32.2. The molecule has 2 aromatic rings. The van der Waals surface area contributed by atoms with Crippen molar-refractivity contribution in [2.75, 3.05) is 18.1 Å². The summed E-state index contributed by atoms with van der Waals surface area (Å²) in [5.74, 6) is 1.58. The summed E-state index contributed by atoms with van der Waals surface area (Å²) in [6.07, 6.45) is 6.81. The molecule has 31 heavy (non-hydrogen) atoms. The fourth-order valence-corrected chi connectivity index (χ4v) is 6.11. The molecular weight excluding hydrogens is 416 g/mol. The number of nitrogens with zero attached hydrogens (tertiary/aromatic N) is 1. The van der Waals surface area contributed by atoms with E-state index in [9.17, 15) is 13.2 Å². The van der Waals surface area contributed by atoms with Crippen LogP contribution in [-0.2, 0) is 10.0 Å². The Morgan fingerprint density at radius 3 is 2.68 bits per heavy atom. The highest BCUT2D eigenvalue weighted by Gasteiger charge is 2.36. The molecule has 0 aromatic heterocycles. The van der Waals surface area contributed by atoms with Gasteiger partial charge in [0.25, 0.3) is 15.9 Å². The molecule has 0 radical (unpaired) electrons. The summed E-state index contributed by atoms with van der Waals surface area (Å²) in [7, 11) is -3.86. The second-order valence-electron chi connectivity index (χ2n) is 8.45. The molecule has 7 nitrogen and oxygen atoms in total. The lowest BCUT2D eigenvalue weighted by atomic mass is 9.78. The number of piperidine rings is 1. The zero-order valence-corrected chi connectivity index (χ0v) is 18.1. The summed E-state index contributed by atoms with van der Waals surface area (Å²) in [5, 5.41) is 0. The molecule has 8 heteroatoms. The molecule has 2 fully saturated rings. The average molecular weight is 443 g/mol. The lowest BCUT2D eigenvalue weighted by Gasteiger charge is -2.44. The Labute approximate surface area is 182 Å². The molecular formula is C23H26N2O5S. The Hall–Kier alpha value is -2.74. The van der Waals surface area contributed by atoms with Gasteiger partial charge in [0.1, 0.15) is 0 Å². The Balaban J connectivity index is 1.37. The van der Waals surface area contributed by atoms with E-state index in [1.165, 1.54) is 31.4 Å². The molecule has 1 amide bonds. The predicted octanol–water partition coefficient (Wildman–Crippen LogP) is 4.01. The predicted molar refractivity (Wildman–Crippen MR) is 116 cm³/mol. The number of rotatable bonds is 4. The fourth-order valence-electron chi connectivity index (χ4n) is 5.01. The van der Waals surface area contributed by atoms with Crippen molar-refractivity contribution in [3.63, 3.8) is 0 Å². The molecule has 2 heterocycles. The van der Waals surface area contributed by atoms with E-state index < -0.39 is 10.0 Å². The van der Waals surface area contributed by atoms with Crippen LogP contribution in [0.4, 0.5) is 5.69 Å². The number of ether oxygens (including phenoxy) is 2. The first-order valence-corrected chi connectivity index (χ1v) is 12.3. The van der Waals surface area contributed by atoms with E-state index in [1.54, 1.807) is 30.3 Å². The summed E-state index contributed by atoms with van der Waals surface area (Å²) in [6, 6.07) is 11.5. The topological polar surface area (TPSA) is 84.9 Å². The van der Waals surface area contributed by atoms with E-state index in [-0.39, 0.29) is 23.6 Å². The van der Waals surface area contributed by atoms with E-state index in [0.717, 1.165) is 25.8 Å². The van der Waals surface area contributed by atoms with Crippen molar-refractivity contribution >= 4 is 21.6 Å². The molecule has 1 aliphatic carbocycles. The van der Waals surface area contributed by atoms with E-state index in [2.05, 4.69) is 4.72 Å². The van der Waals surface area contributed by atoms with Crippen LogP contribution in [0.1, 0.15) is 48.9 Å². The minimum absolute atomic E-state index is 0.0632. The van der Waals surface area contributed by atoms with Crippen molar-refractivity contribution < 1.29 is 22.7 Å². The number of benzene rings is 2. The molecule has 0 spiro atoms. The minimum Gasteiger partial charge on any atom is -0.454 e. The fraction of sp³-hybridized carbons (Fsp3) is 0.435. The lowest BCUT2D eigenvalue weighted by molar-refractivity contribution is 0.0390. The number of fused-ring (bicyclic) bond motifs is 2. The Kier molecular flexibility index (Phi) is 5.25. The van der Waals surface area contributed by atoms with Crippen molar-refractivity contribution in [1.29, 1.82) is 0 Å². The van der Waals surface area contributed by atoms with Crippen LogP contribution in [0.5, 0.6) is 11.5 Å². The highest BCUT2D eigenvalue weighted by molar-refractivity contribution is 7.92. The molecule has 1 N–H and O–H groups in total.